The molecule has 5 aromatic rings. The lowest BCUT2D eigenvalue weighted by Crippen LogP contribution is -2.46. The Kier molecular flexibility index (Phi) is 9.14. The van der Waals surface area contributed by atoms with Gasteiger partial charge in [0, 0.05) is 75.1 Å². The molecular formula is C42H42N4. The molecule has 2 aliphatic rings. The fourth-order valence-electron chi connectivity index (χ4n) is 6.42. The lowest BCUT2D eigenvalue weighted by molar-refractivity contribution is 0.653. The van der Waals surface area contributed by atoms with Gasteiger partial charge in [-0.25, -0.2) is 0 Å². The highest BCUT2D eigenvalue weighted by atomic mass is 15.3. The molecule has 2 aliphatic heterocycles. The van der Waals surface area contributed by atoms with E-state index in [9.17, 15) is 0 Å². The molecule has 0 saturated carbocycles. The molecule has 0 aliphatic carbocycles. The first kappa shape index (κ1) is 29.5. The van der Waals surface area contributed by atoms with Gasteiger partial charge in [0.15, 0.2) is 0 Å². The molecule has 0 aromatic heterocycles. The highest BCUT2D eigenvalue weighted by Gasteiger charge is 2.18. The minimum atomic E-state index is 1.04. The van der Waals surface area contributed by atoms with E-state index in [4.69, 9.17) is 0 Å². The summed E-state index contributed by atoms with van der Waals surface area (Å²) in [6, 6.07) is 48.1. The van der Waals surface area contributed by atoms with Crippen molar-refractivity contribution in [2.75, 3.05) is 72.0 Å². The molecule has 0 bridgehead atoms. The highest BCUT2D eigenvalue weighted by Crippen LogP contribution is 2.23. The van der Waals surface area contributed by atoms with Gasteiger partial charge in [-0.2, -0.15) is 0 Å². The molecule has 230 valence electrons. The summed E-state index contributed by atoms with van der Waals surface area (Å²) >= 11 is 0. The Labute approximate surface area is 274 Å². The topological polar surface area (TPSA) is 13.0 Å². The Morgan fingerprint density at radius 2 is 0.478 bits per heavy atom. The molecule has 0 N–H and O–H groups in total. The van der Waals surface area contributed by atoms with Gasteiger partial charge in [0.2, 0.25) is 0 Å². The summed E-state index contributed by atoms with van der Waals surface area (Å²) in [5.41, 5.74) is 10.1. The van der Waals surface area contributed by atoms with Gasteiger partial charge in [0.05, 0.1) is 0 Å². The second kappa shape index (κ2) is 14.3. The molecule has 2 heterocycles. The average Bonchev–Trinajstić information content (AvgIpc) is 3.15. The molecule has 2 fully saturated rings. The Morgan fingerprint density at radius 1 is 0.261 bits per heavy atom. The van der Waals surface area contributed by atoms with Gasteiger partial charge >= 0.3 is 0 Å². The molecule has 0 atom stereocenters. The van der Waals surface area contributed by atoms with Crippen LogP contribution in [0.1, 0.15) is 22.3 Å². The lowest BCUT2D eigenvalue weighted by atomic mass is 10.1. The second-order valence-electron chi connectivity index (χ2n) is 12.1. The number of benzene rings is 5. The zero-order chi connectivity index (χ0) is 31.0. The summed E-state index contributed by atoms with van der Waals surface area (Å²) in [6.07, 6.45) is 8.79. The van der Waals surface area contributed by atoms with Crippen molar-refractivity contribution in [1.82, 2.24) is 0 Å². The third-order valence-corrected chi connectivity index (χ3v) is 9.19. The maximum absolute atomic E-state index is 2.49. The number of piperazine rings is 2. The maximum atomic E-state index is 2.49. The average molecular weight is 603 g/mol. The van der Waals surface area contributed by atoms with Gasteiger partial charge in [-0.05, 0) is 70.8 Å². The van der Waals surface area contributed by atoms with Crippen LogP contribution < -0.4 is 19.6 Å². The Morgan fingerprint density at radius 3 is 0.739 bits per heavy atom. The van der Waals surface area contributed by atoms with Crippen molar-refractivity contribution in [3.8, 4) is 0 Å². The van der Waals surface area contributed by atoms with E-state index >= 15 is 0 Å². The van der Waals surface area contributed by atoms with E-state index in [-0.39, 0.29) is 0 Å². The van der Waals surface area contributed by atoms with E-state index in [1.165, 1.54) is 45.0 Å². The molecule has 2 saturated heterocycles. The van der Waals surface area contributed by atoms with Gasteiger partial charge in [-0.15, -0.1) is 0 Å². The fraction of sp³-hybridized carbons (Fsp3) is 0.190. The normalized spacial score (nSPS) is 15.7. The predicted molar refractivity (Wildman–Crippen MR) is 199 cm³/mol. The number of hydrogen-bond acceptors (Lipinski definition) is 4. The number of hydrogen-bond donors (Lipinski definition) is 0. The first-order valence-electron chi connectivity index (χ1n) is 16.5. The van der Waals surface area contributed by atoms with E-state index in [2.05, 4.69) is 177 Å². The van der Waals surface area contributed by atoms with Crippen molar-refractivity contribution in [2.45, 2.75) is 0 Å². The molecule has 46 heavy (non-hydrogen) atoms. The summed E-state index contributed by atoms with van der Waals surface area (Å²) in [4.78, 5) is 9.92. The molecule has 4 nitrogen and oxygen atoms in total. The summed E-state index contributed by atoms with van der Waals surface area (Å²) in [7, 11) is 0. The van der Waals surface area contributed by atoms with Crippen LogP contribution in [0.3, 0.4) is 0 Å². The summed E-state index contributed by atoms with van der Waals surface area (Å²) in [5.74, 6) is 0. The molecule has 7 rings (SSSR count). The number of para-hydroxylation sites is 2. The number of anilines is 4. The first-order chi connectivity index (χ1) is 22.8. The van der Waals surface area contributed by atoms with Crippen LogP contribution in [0.15, 0.2) is 133 Å². The van der Waals surface area contributed by atoms with Crippen LogP contribution in [0.4, 0.5) is 22.7 Å². The van der Waals surface area contributed by atoms with Gasteiger partial charge in [-0.1, -0.05) is 109 Å². The zero-order valence-corrected chi connectivity index (χ0v) is 26.5. The van der Waals surface area contributed by atoms with Gasteiger partial charge in [-0.3, -0.25) is 0 Å². The summed E-state index contributed by atoms with van der Waals surface area (Å²) < 4.78 is 0. The van der Waals surface area contributed by atoms with E-state index in [0.29, 0.717) is 0 Å². The van der Waals surface area contributed by atoms with Gasteiger partial charge < -0.3 is 19.6 Å². The molecular weight excluding hydrogens is 560 g/mol. The third-order valence-electron chi connectivity index (χ3n) is 9.19. The van der Waals surface area contributed by atoms with E-state index in [1.54, 1.807) is 0 Å². The Hall–Kier alpha value is -5.22. The monoisotopic (exact) mass is 602 g/mol. The van der Waals surface area contributed by atoms with Crippen LogP contribution >= 0.6 is 0 Å². The van der Waals surface area contributed by atoms with Crippen molar-refractivity contribution in [3.05, 3.63) is 156 Å². The van der Waals surface area contributed by atoms with Crippen LogP contribution in [0.2, 0.25) is 0 Å². The molecule has 5 aromatic carbocycles. The van der Waals surface area contributed by atoms with Crippen LogP contribution in [-0.4, -0.2) is 52.4 Å². The van der Waals surface area contributed by atoms with Crippen molar-refractivity contribution in [1.29, 1.82) is 0 Å². The lowest BCUT2D eigenvalue weighted by Gasteiger charge is -2.37. The number of nitrogens with zero attached hydrogens (tertiary/aromatic N) is 4. The maximum Gasteiger partial charge on any atom is 0.0367 e. The fourth-order valence-corrected chi connectivity index (χ4v) is 6.42. The quantitative estimate of drug-likeness (QED) is 0.165. The van der Waals surface area contributed by atoms with E-state index < -0.39 is 0 Å². The molecule has 0 amide bonds. The van der Waals surface area contributed by atoms with Crippen LogP contribution in [0.5, 0.6) is 0 Å². The number of rotatable bonds is 8. The highest BCUT2D eigenvalue weighted by molar-refractivity contribution is 5.74. The summed E-state index contributed by atoms with van der Waals surface area (Å²) in [5, 5.41) is 0. The Balaban J connectivity index is 0.880. The largest absolute Gasteiger partial charge is 0.368 e. The van der Waals surface area contributed by atoms with E-state index in [1.807, 2.05) is 0 Å². The molecule has 4 heteroatoms. The molecule has 0 unspecified atom stereocenters. The molecule has 0 spiro atoms. The predicted octanol–water partition coefficient (Wildman–Crippen LogP) is 8.68. The second-order valence-corrected chi connectivity index (χ2v) is 12.1. The minimum Gasteiger partial charge on any atom is -0.368 e. The van der Waals surface area contributed by atoms with Crippen LogP contribution in [-0.2, 0) is 0 Å². The van der Waals surface area contributed by atoms with Crippen LogP contribution in [0.25, 0.3) is 24.3 Å². The smallest absolute Gasteiger partial charge is 0.0367 e. The van der Waals surface area contributed by atoms with E-state index in [0.717, 1.165) is 52.4 Å². The molecule has 0 radical (unpaired) electrons. The minimum absolute atomic E-state index is 1.04. The third kappa shape index (κ3) is 7.35. The zero-order valence-electron chi connectivity index (χ0n) is 26.5. The van der Waals surface area contributed by atoms with Crippen molar-refractivity contribution < 1.29 is 0 Å². The van der Waals surface area contributed by atoms with Gasteiger partial charge in [0.1, 0.15) is 0 Å². The van der Waals surface area contributed by atoms with Crippen molar-refractivity contribution >= 4 is 47.1 Å². The Bertz CT molecular complexity index is 1580. The summed E-state index contributed by atoms with van der Waals surface area (Å²) in [6.45, 7) is 8.39. The SMILES string of the molecule is C(=Cc1ccc(N2CCN(c3ccccc3)CC2)cc1)c1ccc(C=Cc2ccc(N3CCN(c4ccccc4)CC3)cc2)cc1. The van der Waals surface area contributed by atoms with Crippen LogP contribution in [0, 0.1) is 0 Å². The first-order valence-corrected chi connectivity index (χ1v) is 16.5. The van der Waals surface area contributed by atoms with Crippen molar-refractivity contribution in [2.24, 2.45) is 0 Å². The van der Waals surface area contributed by atoms with Crippen molar-refractivity contribution in [3.63, 3.8) is 0 Å². The van der Waals surface area contributed by atoms with Gasteiger partial charge in [0.25, 0.3) is 0 Å². The standard InChI is InChI=1S/C42H42N4/c1-3-7-39(8-4-1)43-27-31-45(32-28-43)41-23-19-37(20-24-41)17-15-35-11-13-36(14-12-35)16-18-38-21-25-42(26-22-38)46-33-29-44(30-34-46)40-9-5-2-6-10-40/h1-26H,27-34H2.